The van der Waals surface area contributed by atoms with Crippen LogP contribution in [0.4, 0.5) is 4.39 Å². The van der Waals surface area contributed by atoms with Crippen molar-refractivity contribution < 1.29 is 13.9 Å². The Labute approximate surface area is 248 Å². The molecular formula is C36H42FN3O2. The van der Waals surface area contributed by atoms with Crippen LogP contribution in [0.15, 0.2) is 79.0 Å². The van der Waals surface area contributed by atoms with E-state index in [9.17, 15) is 9.18 Å². The van der Waals surface area contributed by atoms with Crippen LogP contribution in [0.1, 0.15) is 48.8 Å². The highest BCUT2D eigenvalue weighted by atomic mass is 19.1. The summed E-state index contributed by atoms with van der Waals surface area (Å²) in [5.74, 6) is 1.03. The fourth-order valence-corrected chi connectivity index (χ4v) is 7.07. The maximum absolute atomic E-state index is 14.7. The fourth-order valence-electron chi connectivity index (χ4n) is 7.07. The maximum Gasteiger partial charge on any atom is 0.227 e. The van der Waals surface area contributed by atoms with Gasteiger partial charge in [0, 0.05) is 62.4 Å². The third kappa shape index (κ3) is 6.39. The van der Waals surface area contributed by atoms with Gasteiger partial charge in [0.05, 0.1) is 6.42 Å². The molecule has 0 saturated carbocycles. The molecule has 0 bridgehead atoms. The Kier molecular flexibility index (Phi) is 8.61. The molecule has 3 aromatic carbocycles. The van der Waals surface area contributed by atoms with Gasteiger partial charge in [-0.15, -0.1) is 0 Å². The molecule has 1 saturated heterocycles. The Balaban J connectivity index is 1.17. The Morgan fingerprint density at radius 1 is 0.881 bits per heavy atom. The van der Waals surface area contributed by atoms with E-state index in [4.69, 9.17) is 4.74 Å². The summed E-state index contributed by atoms with van der Waals surface area (Å²) in [6.45, 7) is 4.29. The maximum atomic E-state index is 14.7. The number of ether oxygens (including phenoxy) is 1. The molecule has 0 unspecified atom stereocenters. The molecule has 1 spiro atoms. The van der Waals surface area contributed by atoms with Gasteiger partial charge in [0.2, 0.25) is 5.91 Å². The van der Waals surface area contributed by atoms with Crippen molar-refractivity contribution in [2.75, 3.05) is 32.8 Å². The molecule has 2 aliphatic rings. The first-order valence-electron chi connectivity index (χ1n) is 15.5. The lowest BCUT2D eigenvalue weighted by atomic mass is 9.73. The van der Waals surface area contributed by atoms with Gasteiger partial charge in [-0.3, -0.25) is 9.69 Å². The molecule has 3 heterocycles. The predicted octanol–water partition coefficient (Wildman–Crippen LogP) is 6.78. The van der Waals surface area contributed by atoms with Crippen molar-refractivity contribution in [1.82, 2.24) is 14.4 Å². The van der Waals surface area contributed by atoms with Gasteiger partial charge in [0.25, 0.3) is 0 Å². The van der Waals surface area contributed by atoms with E-state index in [-0.39, 0.29) is 17.1 Å². The summed E-state index contributed by atoms with van der Waals surface area (Å²) in [7, 11) is 2.04. The molecule has 2 aliphatic heterocycles. The van der Waals surface area contributed by atoms with Crippen molar-refractivity contribution in [3.05, 3.63) is 102 Å². The third-order valence-corrected chi connectivity index (χ3v) is 9.45. The van der Waals surface area contributed by atoms with Crippen LogP contribution >= 0.6 is 0 Å². The SMILES string of the molecule is Cn1cc(CC(=O)N2CCC3(CCCCc4ccccc4OCCN(Cc4ccccc4F)C3)CC2)c2ccccc21. The lowest BCUT2D eigenvalue weighted by molar-refractivity contribution is -0.133. The monoisotopic (exact) mass is 567 g/mol. The molecule has 220 valence electrons. The second-order valence-electron chi connectivity index (χ2n) is 12.3. The molecule has 0 N–H and O–H groups in total. The zero-order valence-electron chi connectivity index (χ0n) is 24.7. The normalized spacial score (nSPS) is 18.2. The minimum atomic E-state index is -0.155. The van der Waals surface area contributed by atoms with Crippen LogP contribution in [-0.4, -0.2) is 53.1 Å². The largest absolute Gasteiger partial charge is 0.492 e. The number of fused-ring (bicyclic) bond motifs is 2. The average Bonchev–Trinajstić information content (AvgIpc) is 3.31. The number of amides is 1. The Bertz CT molecular complexity index is 1520. The van der Waals surface area contributed by atoms with Crippen LogP contribution in [-0.2, 0) is 31.2 Å². The van der Waals surface area contributed by atoms with Crippen LogP contribution < -0.4 is 4.74 Å². The molecule has 1 amide bonds. The zero-order chi connectivity index (χ0) is 28.9. The number of likely N-dealkylation sites (tertiary alicyclic amines) is 1. The summed E-state index contributed by atoms with van der Waals surface area (Å²) in [4.78, 5) is 18.0. The van der Waals surface area contributed by atoms with E-state index >= 15 is 0 Å². The molecule has 4 aromatic rings. The highest BCUT2D eigenvalue weighted by molar-refractivity contribution is 5.89. The van der Waals surface area contributed by atoms with Crippen LogP contribution in [0.2, 0.25) is 0 Å². The van der Waals surface area contributed by atoms with Crippen molar-refractivity contribution >= 4 is 16.8 Å². The molecule has 42 heavy (non-hydrogen) atoms. The Hall–Kier alpha value is -3.64. The van der Waals surface area contributed by atoms with E-state index in [1.807, 2.05) is 37.4 Å². The number of carbonyl (C=O) groups excluding carboxylic acids is 1. The van der Waals surface area contributed by atoms with E-state index in [1.165, 1.54) is 5.56 Å². The van der Waals surface area contributed by atoms with Crippen LogP contribution in [0.3, 0.4) is 0 Å². The van der Waals surface area contributed by atoms with Gasteiger partial charge in [-0.05, 0) is 66.8 Å². The highest BCUT2D eigenvalue weighted by Gasteiger charge is 2.37. The number of piperidine rings is 1. The summed E-state index contributed by atoms with van der Waals surface area (Å²) in [5, 5.41) is 1.16. The molecular weight excluding hydrogens is 525 g/mol. The molecule has 6 rings (SSSR count). The standard InChI is InChI=1S/C36H42FN3O2/c1-38-25-30(31-13-4-6-15-33(31)38)24-35(41)40-20-18-36(19-21-40)17-9-8-11-28-10-3-7-16-34(28)42-23-22-39(27-36)26-29-12-2-5-14-32(29)37/h2-7,10,12-16,25H,8-9,11,17-24,26-27H2,1H3. The highest BCUT2D eigenvalue weighted by Crippen LogP contribution is 2.39. The summed E-state index contributed by atoms with van der Waals surface area (Å²) in [6.07, 6.45) is 8.85. The van der Waals surface area contributed by atoms with Gasteiger partial charge in [-0.25, -0.2) is 4.39 Å². The van der Waals surface area contributed by atoms with Crippen molar-refractivity contribution in [2.24, 2.45) is 12.5 Å². The third-order valence-electron chi connectivity index (χ3n) is 9.45. The summed E-state index contributed by atoms with van der Waals surface area (Å²) < 4.78 is 23.1. The van der Waals surface area contributed by atoms with Crippen LogP contribution in [0, 0.1) is 11.2 Å². The molecule has 0 atom stereocenters. The van der Waals surface area contributed by atoms with E-state index in [1.54, 1.807) is 12.1 Å². The van der Waals surface area contributed by atoms with E-state index < -0.39 is 0 Å². The van der Waals surface area contributed by atoms with Gasteiger partial charge in [-0.1, -0.05) is 61.0 Å². The molecule has 1 aromatic heterocycles. The van der Waals surface area contributed by atoms with Crippen molar-refractivity contribution in [3.63, 3.8) is 0 Å². The van der Waals surface area contributed by atoms with Crippen LogP contribution in [0.5, 0.6) is 5.75 Å². The minimum Gasteiger partial charge on any atom is -0.492 e. The average molecular weight is 568 g/mol. The number of hydrogen-bond acceptors (Lipinski definition) is 3. The van der Waals surface area contributed by atoms with Gasteiger partial charge < -0.3 is 14.2 Å². The molecule has 0 radical (unpaired) electrons. The molecule has 5 nitrogen and oxygen atoms in total. The number of carbonyl (C=O) groups is 1. The number of aromatic nitrogens is 1. The van der Waals surface area contributed by atoms with E-state index in [0.717, 1.165) is 92.5 Å². The number of benzene rings is 3. The van der Waals surface area contributed by atoms with Gasteiger partial charge in [0.1, 0.15) is 18.2 Å². The van der Waals surface area contributed by atoms with Crippen molar-refractivity contribution in [3.8, 4) is 5.75 Å². The first-order valence-corrected chi connectivity index (χ1v) is 15.5. The quantitative estimate of drug-likeness (QED) is 0.273. The number of hydrogen-bond donors (Lipinski definition) is 0. The van der Waals surface area contributed by atoms with Crippen LogP contribution in [0.25, 0.3) is 10.9 Å². The number of halogens is 1. The topological polar surface area (TPSA) is 37.7 Å². The summed E-state index contributed by atoms with van der Waals surface area (Å²) in [6, 6.07) is 23.8. The number of nitrogens with zero attached hydrogens (tertiary/aromatic N) is 3. The zero-order valence-corrected chi connectivity index (χ0v) is 24.7. The van der Waals surface area contributed by atoms with Gasteiger partial charge in [-0.2, -0.15) is 0 Å². The summed E-state index contributed by atoms with van der Waals surface area (Å²) >= 11 is 0. The lowest BCUT2D eigenvalue weighted by Crippen LogP contribution is -2.49. The molecule has 0 aliphatic carbocycles. The Morgan fingerprint density at radius 2 is 1.64 bits per heavy atom. The first kappa shape index (κ1) is 28.5. The number of rotatable bonds is 4. The fraction of sp³-hybridized carbons (Fsp3) is 0.417. The van der Waals surface area contributed by atoms with Gasteiger partial charge >= 0.3 is 0 Å². The number of para-hydroxylation sites is 2. The smallest absolute Gasteiger partial charge is 0.227 e. The first-order chi connectivity index (χ1) is 20.5. The van der Waals surface area contributed by atoms with E-state index in [0.29, 0.717) is 19.6 Å². The van der Waals surface area contributed by atoms with Crippen molar-refractivity contribution in [2.45, 2.75) is 51.5 Å². The number of aryl methyl sites for hydroxylation is 2. The molecule has 6 heteroatoms. The molecule has 1 fully saturated rings. The second kappa shape index (κ2) is 12.7. The van der Waals surface area contributed by atoms with Crippen molar-refractivity contribution in [1.29, 1.82) is 0 Å². The second-order valence-corrected chi connectivity index (χ2v) is 12.3. The van der Waals surface area contributed by atoms with Gasteiger partial charge in [0.15, 0.2) is 0 Å². The predicted molar refractivity (Wildman–Crippen MR) is 166 cm³/mol. The summed E-state index contributed by atoms with van der Waals surface area (Å²) in [5.41, 5.74) is 4.35. The van der Waals surface area contributed by atoms with E-state index in [2.05, 4.69) is 50.9 Å². The Morgan fingerprint density at radius 3 is 2.50 bits per heavy atom. The minimum absolute atomic E-state index is 0.0974. The lowest BCUT2D eigenvalue weighted by Gasteiger charge is -2.45.